The Morgan fingerprint density at radius 1 is 1.15 bits per heavy atom. The number of nitrogens with zero attached hydrogens (tertiary/aromatic N) is 2. The number of ether oxygens (including phenoxy) is 1. The van der Waals surface area contributed by atoms with Crippen molar-refractivity contribution in [3.05, 3.63) is 29.8 Å². The molecule has 1 fully saturated rings. The van der Waals surface area contributed by atoms with Gasteiger partial charge in [0.2, 0.25) is 0 Å². The average molecular weight is 361 g/mol. The molecule has 0 aliphatic carbocycles. The second-order valence-electron chi connectivity index (χ2n) is 6.52. The molecule has 0 aromatic heterocycles. The molecule has 140 valence electrons. The van der Waals surface area contributed by atoms with E-state index in [0.717, 1.165) is 10.5 Å². The van der Waals surface area contributed by atoms with Crippen LogP contribution in [0.4, 0.5) is 10.5 Å². The number of rotatable bonds is 6. The summed E-state index contributed by atoms with van der Waals surface area (Å²) in [6.07, 6.45) is -1.06. The van der Waals surface area contributed by atoms with E-state index < -0.39 is 36.5 Å². The first-order chi connectivity index (χ1) is 12.2. The molecule has 26 heavy (non-hydrogen) atoms. The summed E-state index contributed by atoms with van der Waals surface area (Å²) in [7, 11) is 1.46. The molecular weight excluding hydrogens is 338 g/mol. The molecule has 0 unspecified atom stereocenters. The summed E-state index contributed by atoms with van der Waals surface area (Å²) in [4.78, 5) is 49.4. The number of nitrogens with one attached hydrogen (secondary N) is 1. The fourth-order valence-electron chi connectivity index (χ4n) is 2.44. The molecule has 0 radical (unpaired) electrons. The maximum absolute atomic E-state index is 12.1. The first kappa shape index (κ1) is 19.4. The minimum Gasteiger partial charge on any atom is -0.451 e. The predicted molar refractivity (Wildman–Crippen MR) is 94.5 cm³/mol. The monoisotopic (exact) mass is 361 g/mol. The van der Waals surface area contributed by atoms with E-state index in [4.69, 9.17) is 4.74 Å². The Kier molecular flexibility index (Phi) is 5.97. The van der Waals surface area contributed by atoms with E-state index in [0.29, 0.717) is 11.6 Å². The van der Waals surface area contributed by atoms with Crippen molar-refractivity contribution in [1.29, 1.82) is 0 Å². The lowest BCUT2D eigenvalue weighted by Gasteiger charge is -2.17. The van der Waals surface area contributed by atoms with Crippen LogP contribution >= 0.6 is 0 Å². The molecule has 1 N–H and O–H groups in total. The number of carbonyl (C=O) groups excluding carboxylic acids is 4. The van der Waals surface area contributed by atoms with E-state index >= 15 is 0 Å². The Hall–Kier alpha value is -2.90. The van der Waals surface area contributed by atoms with Gasteiger partial charge in [-0.05, 0) is 30.5 Å². The van der Waals surface area contributed by atoms with Gasteiger partial charge in [0.05, 0.1) is 0 Å². The third kappa shape index (κ3) is 4.59. The lowest BCUT2D eigenvalue weighted by molar-refractivity contribution is -0.154. The van der Waals surface area contributed by atoms with Gasteiger partial charge >= 0.3 is 12.0 Å². The number of esters is 1. The van der Waals surface area contributed by atoms with Crippen molar-refractivity contribution in [2.75, 3.05) is 25.5 Å². The molecule has 1 aliphatic rings. The minimum atomic E-state index is -1.06. The van der Waals surface area contributed by atoms with E-state index in [2.05, 4.69) is 19.2 Å². The predicted octanol–water partition coefficient (Wildman–Crippen LogP) is 1.57. The van der Waals surface area contributed by atoms with Gasteiger partial charge in [-0.2, -0.15) is 0 Å². The number of amides is 4. The third-order valence-corrected chi connectivity index (χ3v) is 4.04. The molecular formula is C18H23N3O5. The molecule has 1 aliphatic heterocycles. The highest BCUT2D eigenvalue weighted by Crippen LogP contribution is 2.17. The maximum atomic E-state index is 12.1. The second kappa shape index (κ2) is 7.99. The molecule has 4 amide bonds. The van der Waals surface area contributed by atoms with Gasteiger partial charge in [0.1, 0.15) is 13.1 Å². The first-order valence-electron chi connectivity index (χ1n) is 8.34. The average Bonchev–Trinajstić information content (AvgIpc) is 2.81. The van der Waals surface area contributed by atoms with Crippen LogP contribution in [0.3, 0.4) is 0 Å². The molecule has 1 saturated heterocycles. The van der Waals surface area contributed by atoms with Crippen LogP contribution in [-0.4, -0.2) is 59.9 Å². The van der Waals surface area contributed by atoms with E-state index in [-0.39, 0.29) is 6.54 Å². The number of imide groups is 1. The van der Waals surface area contributed by atoms with Gasteiger partial charge in [-0.1, -0.05) is 26.0 Å². The van der Waals surface area contributed by atoms with Gasteiger partial charge in [-0.15, -0.1) is 0 Å². The Bertz CT molecular complexity index is 714. The number of hydrogen-bond acceptors (Lipinski definition) is 5. The lowest BCUT2D eigenvalue weighted by Crippen LogP contribution is -2.39. The second-order valence-corrected chi connectivity index (χ2v) is 6.52. The van der Waals surface area contributed by atoms with E-state index in [1.807, 2.05) is 12.1 Å². The van der Waals surface area contributed by atoms with Crippen molar-refractivity contribution in [2.24, 2.45) is 0 Å². The number of urea groups is 1. The fourth-order valence-corrected chi connectivity index (χ4v) is 2.44. The largest absolute Gasteiger partial charge is 0.451 e. The van der Waals surface area contributed by atoms with E-state index in [1.54, 1.807) is 12.1 Å². The number of carbonyl (C=O) groups is 4. The van der Waals surface area contributed by atoms with Crippen LogP contribution < -0.4 is 5.32 Å². The number of anilines is 1. The quantitative estimate of drug-likeness (QED) is 0.613. The van der Waals surface area contributed by atoms with Crippen LogP contribution in [0.25, 0.3) is 0 Å². The van der Waals surface area contributed by atoms with Crippen LogP contribution in [0, 0.1) is 0 Å². The summed E-state index contributed by atoms with van der Waals surface area (Å²) in [5.74, 6) is -1.40. The summed E-state index contributed by atoms with van der Waals surface area (Å²) in [6, 6.07) is 6.82. The van der Waals surface area contributed by atoms with Crippen molar-refractivity contribution in [3.63, 3.8) is 0 Å². The van der Waals surface area contributed by atoms with Crippen molar-refractivity contribution in [2.45, 2.75) is 32.8 Å². The zero-order chi connectivity index (χ0) is 19.4. The topological polar surface area (TPSA) is 96.0 Å². The Labute approximate surface area is 152 Å². The molecule has 0 saturated carbocycles. The maximum Gasteiger partial charge on any atom is 0.327 e. The first-order valence-corrected chi connectivity index (χ1v) is 8.34. The highest BCUT2D eigenvalue weighted by Gasteiger charge is 2.35. The Morgan fingerprint density at radius 3 is 2.27 bits per heavy atom. The number of benzene rings is 1. The van der Waals surface area contributed by atoms with Gasteiger partial charge in [0, 0.05) is 12.7 Å². The fraction of sp³-hybridized carbons (Fsp3) is 0.444. The highest BCUT2D eigenvalue weighted by molar-refractivity contribution is 6.04. The summed E-state index contributed by atoms with van der Waals surface area (Å²) >= 11 is 0. The summed E-state index contributed by atoms with van der Waals surface area (Å²) < 4.78 is 5.02. The van der Waals surface area contributed by atoms with E-state index in [1.165, 1.54) is 18.9 Å². The van der Waals surface area contributed by atoms with Crippen LogP contribution in [-0.2, 0) is 19.1 Å². The van der Waals surface area contributed by atoms with Gasteiger partial charge in [-0.3, -0.25) is 19.3 Å². The van der Waals surface area contributed by atoms with Crippen LogP contribution in [0.2, 0.25) is 0 Å². The molecule has 8 heteroatoms. The third-order valence-electron chi connectivity index (χ3n) is 4.04. The molecule has 2 rings (SSSR count). The molecule has 0 bridgehead atoms. The Morgan fingerprint density at radius 2 is 1.77 bits per heavy atom. The van der Waals surface area contributed by atoms with Crippen LogP contribution in [0.15, 0.2) is 24.3 Å². The normalized spacial score (nSPS) is 15.4. The van der Waals surface area contributed by atoms with Crippen molar-refractivity contribution >= 4 is 29.5 Å². The molecule has 1 heterocycles. The molecule has 1 atom stereocenters. The van der Waals surface area contributed by atoms with Crippen LogP contribution in [0.1, 0.15) is 32.3 Å². The summed E-state index contributed by atoms with van der Waals surface area (Å²) in [5, 5.41) is 2.66. The number of hydrogen-bond donors (Lipinski definition) is 1. The SMILES string of the molecule is CC(C)c1ccc(NC(=O)[C@@H](C)OC(=O)CN2C(=O)CN(C)C2=O)cc1. The van der Waals surface area contributed by atoms with Gasteiger partial charge in [0.15, 0.2) is 6.10 Å². The number of likely N-dealkylation sites (N-methyl/N-ethyl adjacent to an activating group) is 1. The van der Waals surface area contributed by atoms with Gasteiger partial charge < -0.3 is 15.0 Å². The van der Waals surface area contributed by atoms with Crippen molar-refractivity contribution in [1.82, 2.24) is 9.80 Å². The summed E-state index contributed by atoms with van der Waals surface area (Å²) in [6.45, 7) is 4.98. The molecule has 8 nitrogen and oxygen atoms in total. The zero-order valence-corrected chi connectivity index (χ0v) is 15.3. The van der Waals surface area contributed by atoms with Crippen molar-refractivity contribution in [3.8, 4) is 0 Å². The molecule has 0 spiro atoms. The lowest BCUT2D eigenvalue weighted by atomic mass is 10.0. The standard InChI is InChI=1S/C18H23N3O5/c1-11(2)13-5-7-14(8-6-13)19-17(24)12(3)26-16(23)10-21-15(22)9-20(4)18(21)25/h5-8,11-12H,9-10H2,1-4H3,(H,19,24)/t12-/m1/s1. The van der Waals surface area contributed by atoms with E-state index in [9.17, 15) is 19.2 Å². The van der Waals surface area contributed by atoms with Gasteiger partial charge in [-0.25, -0.2) is 4.79 Å². The smallest absolute Gasteiger partial charge is 0.327 e. The van der Waals surface area contributed by atoms with Crippen molar-refractivity contribution < 1.29 is 23.9 Å². The summed E-state index contributed by atoms with van der Waals surface area (Å²) in [5.41, 5.74) is 1.74. The molecule has 1 aromatic rings. The van der Waals surface area contributed by atoms with Crippen LogP contribution in [0.5, 0.6) is 0 Å². The minimum absolute atomic E-state index is 0.0749. The Balaban J connectivity index is 1.87. The zero-order valence-electron chi connectivity index (χ0n) is 15.3. The van der Waals surface area contributed by atoms with Gasteiger partial charge in [0.25, 0.3) is 11.8 Å². The molecule has 1 aromatic carbocycles. The highest BCUT2D eigenvalue weighted by atomic mass is 16.5.